The van der Waals surface area contributed by atoms with E-state index in [1.165, 1.54) is 6.92 Å². The molecule has 0 heterocycles. The number of hydrogen-bond donors (Lipinski definition) is 2. The number of nitrogens with one attached hydrogen (secondary N) is 2. The molecule has 0 radical (unpaired) electrons. The molecular weight excluding hydrogens is 332 g/mol. The van der Waals surface area contributed by atoms with E-state index in [9.17, 15) is 19.2 Å². The van der Waals surface area contributed by atoms with Gasteiger partial charge in [-0.15, -0.1) is 0 Å². The van der Waals surface area contributed by atoms with Gasteiger partial charge in [0.15, 0.2) is 5.78 Å². The summed E-state index contributed by atoms with van der Waals surface area (Å²) in [4.78, 5) is 46.5. The molecule has 0 aromatic rings. The molecule has 2 N–H and O–H groups in total. The molecule has 0 saturated carbocycles. The molecule has 0 aliphatic rings. The number of hydrogen-bond acceptors (Lipinski definition) is 8. The van der Waals surface area contributed by atoms with Crippen LogP contribution in [0.15, 0.2) is 0 Å². The van der Waals surface area contributed by atoms with Crippen LogP contribution in [-0.2, 0) is 28.6 Å². The molecule has 0 saturated heterocycles. The minimum atomic E-state index is -1.14. The predicted octanol–water partition coefficient (Wildman–Crippen LogP) is 1.58. The van der Waals surface area contributed by atoms with E-state index in [1.54, 1.807) is 27.7 Å². The number of amides is 1. The van der Waals surface area contributed by atoms with E-state index in [0.29, 0.717) is 6.21 Å². The Hall–Kier alpha value is -2.45. The molecule has 0 fully saturated rings. The maximum atomic E-state index is 12.0. The zero-order valence-corrected chi connectivity index (χ0v) is 15.2. The number of Topliss-reactive ketones (excluding diaryl/α,β-unsaturated/α-hetero) is 1. The van der Waals surface area contributed by atoms with Gasteiger partial charge in [0.2, 0.25) is 6.29 Å². The predicted molar refractivity (Wildman–Crippen MR) is 88.0 cm³/mol. The number of rotatable bonds is 10. The Kier molecular flexibility index (Phi) is 10.1. The van der Waals surface area contributed by atoms with Gasteiger partial charge in [0.25, 0.3) is 0 Å². The number of carbonyl (C=O) groups is 4. The molecule has 25 heavy (non-hydrogen) atoms. The monoisotopic (exact) mass is 358 g/mol. The highest BCUT2D eigenvalue weighted by molar-refractivity contribution is 6.26. The molecule has 0 rings (SSSR count). The van der Waals surface area contributed by atoms with Gasteiger partial charge in [0.1, 0.15) is 6.04 Å². The van der Waals surface area contributed by atoms with E-state index < -0.39 is 42.3 Å². The minimum absolute atomic E-state index is 0.0466. The summed E-state index contributed by atoms with van der Waals surface area (Å²) >= 11 is 0. The number of ketones is 1. The van der Waals surface area contributed by atoms with Gasteiger partial charge in [0, 0.05) is 13.3 Å². The Morgan fingerprint density at radius 3 is 2.04 bits per heavy atom. The molecule has 9 nitrogen and oxygen atoms in total. The first kappa shape index (κ1) is 22.6. The average Bonchev–Trinajstić information content (AvgIpc) is 2.49. The maximum absolute atomic E-state index is 12.0. The third-order valence-corrected chi connectivity index (χ3v) is 2.80. The lowest BCUT2D eigenvalue weighted by molar-refractivity contribution is -0.169. The van der Waals surface area contributed by atoms with Crippen molar-refractivity contribution < 1.29 is 33.4 Å². The zero-order chi connectivity index (χ0) is 19.6. The van der Waals surface area contributed by atoms with E-state index in [0.717, 1.165) is 0 Å². The number of carbonyl (C=O) groups excluding carboxylic acids is 4. The Balaban J connectivity index is 4.72. The van der Waals surface area contributed by atoms with Crippen LogP contribution in [-0.4, -0.2) is 48.5 Å². The number of ether oxygens (including phenoxy) is 3. The van der Waals surface area contributed by atoms with Crippen LogP contribution in [0.2, 0.25) is 0 Å². The summed E-state index contributed by atoms with van der Waals surface area (Å²) in [6, 6.07) is -1.12. The SMILES string of the molecule is CC(C)OC(=O)C(CCC(=O)C=N)NC(=O)OC(C)OC(=O)C(C)C. The Labute approximate surface area is 146 Å². The van der Waals surface area contributed by atoms with Crippen LogP contribution in [0, 0.1) is 11.3 Å². The van der Waals surface area contributed by atoms with Crippen LogP contribution in [0.1, 0.15) is 47.5 Å². The summed E-state index contributed by atoms with van der Waals surface area (Å²) in [5.41, 5.74) is 0. The first-order valence-corrected chi connectivity index (χ1v) is 7.98. The van der Waals surface area contributed by atoms with Gasteiger partial charge in [-0.1, -0.05) is 13.8 Å². The van der Waals surface area contributed by atoms with Gasteiger partial charge in [-0.25, -0.2) is 9.59 Å². The highest BCUT2D eigenvalue weighted by Gasteiger charge is 2.26. The molecule has 0 aromatic carbocycles. The quantitative estimate of drug-likeness (QED) is 0.344. The molecular formula is C16H26N2O7. The number of esters is 2. The molecule has 142 valence electrons. The van der Waals surface area contributed by atoms with Crippen molar-refractivity contribution in [3.05, 3.63) is 0 Å². The molecule has 2 unspecified atom stereocenters. The van der Waals surface area contributed by atoms with E-state index in [2.05, 4.69) is 5.32 Å². The maximum Gasteiger partial charge on any atom is 0.410 e. The summed E-state index contributed by atoms with van der Waals surface area (Å²) in [6.45, 7) is 7.91. The van der Waals surface area contributed by atoms with Crippen LogP contribution in [0.3, 0.4) is 0 Å². The standard InChI is InChI=1S/C16H26N2O7/c1-9(2)14(20)24-11(5)25-16(22)18-13(7-6-12(19)8-17)15(21)23-10(3)4/h8-11,13,17H,6-7H2,1-5H3,(H,18,22). The molecule has 0 spiro atoms. The van der Waals surface area contributed by atoms with E-state index in [-0.39, 0.29) is 18.8 Å². The Bertz CT molecular complexity index is 503. The van der Waals surface area contributed by atoms with E-state index in [4.69, 9.17) is 19.6 Å². The zero-order valence-electron chi connectivity index (χ0n) is 15.2. The van der Waals surface area contributed by atoms with Crippen LogP contribution < -0.4 is 5.32 Å². The summed E-state index contributed by atoms with van der Waals surface area (Å²) in [6.07, 6.45) is -2.06. The topological polar surface area (TPSA) is 132 Å². The van der Waals surface area contributed by atoms with Gasteiger partial charge >= 0.3 is 18.0 Å². The van der Waals surface area contributed by atoms with E-state index in [1.807, 2.05) is 0 Å². The molecule has 0 aliphatic heterocycles. The van der Waals surface area contributed by atoms with Crippen LogP contribution in [0.25, 0.3) is 0 Å². The van der Waals surface area contributed by atoms with Crippen molar-refractivity contribution in [1.82, 2.24) is 5.32 Å². The second-order valence-corrected chi connectivity index (χ2v) is 5.90. The Morgan fingerprint density at radius 2 is 1.56 bits per heavy atom. The van der Waals surface area contributed by atoms with Gasteiger partial charge in [0.05, 0.1) is 18.2 Å². The second kappa shape index (κ2) is 11.2. The summed E-state index contributed by atoms with van der Waals surface area (Å²) in [7, 11) is 0. The molecule has 9 heteroatoms. The number of alkyl carbamates (subject to hydrolysis) is 1. The third kappa shape index (κ3) is 10.1. The fraction of sp³-hybridized carbons (Fsp3) is 0.688. The van der Waals surface area contributed by atoms with Crippen molar-refractivity contribution in [2.45, 2.75) is 65.9 Å². The van der Waals surface area contributed by atoms with Crippen molar-refractivity contribution in [2.75, 3.05) is 0 Å². The summed E-state index contributed by atoms with van der Waals surface area (Å²) in [5.74, 6) is -2.13. The van der Waals surface area contributed by atoms with Crippen molar-refractivity contribution >= 4 is 30.0 Å². The molecule has 2 atom stereocenters. The van der Waals surface area contributed by atoms with Crippen molar-refractivity contribution in [1.29, 1.82) is 5.41 Å². The molecule has 0 aromatic heterocycles. The van der Waals surface area contributed by atoms with Gasteiger partial charge in [-0.05, 0) is 20.3 Å². The fourth-order valence-corrected chi connectivity index (χ4v) is 1.57. The van der Waals surface area contributed by atoms with Crippen LogP contribution in [0.4, 0.5) is 4.79 Å². The highest BCUT2D eigenvalue weighted by Crippen LogP contribution is 2.06. The lowest BCUT2D eigenvalue weighted by Gasteiger charge is -2.20. The summed E-state index contributed by atoms with van der Waals surface area (Å²) < 4.78 is 14.8. The van der Waals surface area contributed by atoms with Crippen molar-refractivity contribution in [2.24, 2.45) is 5.92 Å². The van der Waals surface area contributed by atoms with Crippen LogP contribution >= 0.6 is 0 Å². The normalized spacial score (nSPS) is 12.9. The van der Waals surface area contributed by atoms with Crippen molar-refractivity contribution in [3.8, 4) is 0 Å². The molecule has 0 aliphatic carbocycles. The second-order valence-electron chi connectivity index (χ2n) is 5.90. The first-order chi connectivity index (χ1) is 11.6. The highest BCUT2D eigenvalue weighted by atomic mass is 16.7. The molecule has 1 amide bonds. The molecule has 0 bridgehead atoms. The minimum Gasteiger partial charge on any atom is -0.461 e. The average molecular weight is 358 g/mol. The lowest BCUT2D eigenvalue weighted by atomic mass is 10.1. The fourth-order valence-electron chi connectivity index (χ4n) is 1.57. The Morgan fingerprint density at radius 1 is 0.960 bits per heavy atom. The summed E-state index contributed by atoms with van der Waals surface area (Å²) in [5, 5.41) is 9.14. The van der Waals surface area contributed by atoms with E-state index >= 15 is 0 Å². The van der Waals surface area contributed by atoms with Gasteiger partial charge in [-0.3, -0.25) is 9.59 Å². The smallest absolute Gasteiger partial charge is 0.410 e. The lowest BCUT2D eigenvalue weighted by Crippen LogP contribution is -2.44. The van der Waals surface area contributed by atoms with Gasteiger partial charge in [-0.2, -0.15) is 0 Å². The third-order valence-electron chi connectivity index (χ3n) is 2.80. The first-order valence-electron chi connectivity index (χ1n) is 7.98. The van der Waals surface area contributed by atoms with Gasteiger partial charge < -0.3 is 24.9 Å². The largest absolute Gasteiger partial charge is 0.461 e. The van der Waals surface area contributed by atoms with Crippen LogP contribution in [0.5, 0.6) is 0 Å². The van der Waals surface area contributed by atoms with Crippen molar-refractivity contribution in [3.63, 3.8) is 0 Å².